The summed E-state index contributed by atoms with van der Waals surface area (Å²) in [5.74, 6) is -0.891. The van der Waals surface area contributed by atoms with E-state index in [2.05, 4.69) is 12.7 Å². The molecule has 1 aliphatic heterocycles. The molecule has 1 aliphatic rings. The maximum atomic E-state index is 9.51. The molecule has 0 bridgehead atoms. The molecule has 0 atom stereocenters. The van der Waals surface area contributed by atoms with Crippen molar-refractivity contribution in [2.24, 2.45) is 0 Å². The summed E-state index contributed by atoms with van der Waals surface area (Å²) in [5.41, 5.74) is 0. The molecule has 3 heteroatoms. The highest BCUT2D eigenvalue weighted by molar-refractivity contribution is 5.79. The average molecular weight is 193 g/mol. The fourth-order valence-corrected chi connectivity index (χ4v) is 0.760. The standard InChI is InChI=1S/C7H9N.C4H6O2/c1-2-8-6-4-3-5-7-8;1-2-3-4(5)6/h2-6H,1,7H2;2-3H,1H3,(H,5,6). The summed E-state index contributed by atoms with van der Waals surface area (Å²) >= 11 is 0. The Balaban J connectivity index is 0.000000255. The number of allylic oxidation sites excluding steroid dienone is 3. The Morgan fingerprint density at radius 3 is 2.50 bits per heavy atom. The molecule has 0 spiro atoms. The lowest BCUT2D eigenvalue weighted by atomic mass is 10.4. The van der Waals surface area contributed by atoms with Gasteiger partial charge >= 0.3 is 5.97 Å². The van der Waals surface area contributed by atoms with Crippen molar-refractivity contribution >= 4 is 5.97 Å². The van der Waals surface area contributed by atoms with Crippen LogP contribution in [0.1, 0.15) is 6.92 Å². The molecule has 0 saturated carbocycles. The Kier molecular flexibility index (Phi) is 6.86. The summed E-state index contributed by atoms with van der Waals surface area (Å²) in [7, 11) is 0. The molecule has 1 rings (SSSR count). The fourth-order valence-electron chi connectivity index (χ4n) is 0.760. The van der Waals surface area contributed by atoms with Gasteiger partial charge in [-0.2, -0.15) is 0 Å². The van der Waals surface area contributed by atoms with E-state index in [-0.39, 0.29) is 0 Å². The van der Waals surface area contributed by atoms with E-state index in [0.29, 0.717) is 0 Å². The van der Waals surface area contributed by atoms with Crippen LogP contribution in [0, 0.1) is 0 Å². The van der Waals surface area contributed by atoms with E-state index in [1.165, 1.54) is 6.08 Å². The summed E-state index contributed by atoms with van der Waals surface area (Å²) in [6, 6.07) is 0. The number of carbonyl (C=O) groups is 1. The Hall–Kier alpha value is -1.77. The fraction of sp³-hybridized carbons (Fsp3) is 0.182. The smallest absolute Gasteiger partial charge is 0.327 e. The summed E-state index contributed by atoms with van der Waals surface area (Å²) in [6.45, 7) is 6.24. The first-order valence-corrected chi connectivity index (χ1v) is 4.28. The van der Waals surface area contributed by atoms with E-state index in [9.17, 15) is 4.79 Å². The molecular formula is C11H15NO2. The molecule has 14 heavy (non-hydrogen) atoms. The first kappa shape index (κ1) is 12.2. The molecule has 3 nitrogen and oxygen atoms in total. The molecule has 0 fully saturated rings. The summed E-state index contributed by atoms with van der Waals surface area (Å²) < 4.78 is 0. The van der Waals surface area contributed by atoms with Gasteiger partial charge in [0.2, 0.25) is 0 Å². The molecule has 76 valence electrons. The van der Waals surface area contributed by atoms with E-state index < -0.39 is 5.97 Å². The van der Waals surface area contributed by atoms with E-state index in [1.807, 2.05) is 23.3 Å². The van der Waals surface area contributed by atoms with Crippen molar-refractivity contribution < 1.29 is 9.90 Å². The average Bonchev–Trinajstić information content (AvgIpc) is 2.20. The molecule has 0 aromatic heterocycles. The molecular weight excluding hydrogens is 178 g/mol. The largest absolute Gasteiger partial charge is 0.478 e. The van der Waals surface area contributed by atoms with Gasteiger partial charge in [0.05, 0.1) is 0 Å². The quantitative estimate of drug-likeness (QED) is 0.683. The lowest BCUT2D eigenvalue weighted by molar-refractivity contribution is -0.131. The van der Waals surface area contributed by atoms with Crippen molar-refractivity contribution in [1.29, 1.82) is 0 Å². The van der Waals surface area contributed by atoms with Crippen LogP contribution in [0.15, 0.2) is 49.4 Å². The van der Waals surface area contributed by atoms with Gasteiger partial charge in [0.25, 0.3) is 0 Å². The Morgan fingerprint density at radius 1 is 1.57 bits per heavy atom. The highest BCUT2D eigenvalue weighted by Crippen LogP contribution is 1.96. The van der Waals surface area contributed by atoms with Gasteiger partial charge in [-0.05, 0) is 19.2 Å². The Labute approximate surface area is 84.3 Å². The molecule has 0 aromatic carbocycles. The zero-order valence-corrected chi connectivity index (χ0v) is 8.26. The van der Waals surface area contributed by atoms with Crippen molar-refractivity contribution in [2.75, 3.05) is 6.54 Å². The molecule has 1 heterocycles. The number of hydrogen-bond acceptors (Lipinski definition) is 2. The van der Waals surface area contributed by atoms with Crippen LogP contribution >= 0.6 is 0 Å². The van der Waals surface area contributed by atoms with Crippen LogP contribution in [-0.4, -0.2) is 22.5 Å². The van der Waals surface area contributed by atoms with Crippen molar-refractivity contribution in [3.63, 3.8) is 0 Å². The number of rotatable bonds is 2. The zero-order chi connectivity index (χ0) is 10.8. The van der Waals surface area contributed by atoms with Crippen LogP contribution in [0.25, 0.3) is 0 Å². The summed E-state index contributed by atoms with van der Waals surface area (Å²) in [4.78, 5) is 11.5. The second-order valence-corrected chi connectivity index (χ2v) is 2.49. The Morgan fingerprint density at radius 2 is 2.29 bits per heavy atom. The van der Waals surface area contributed by atoms with Gasteiger partial charge in [-0.25, -0.2) is 4.79 Å². The third-order valence-corrected chi connectivity index (χ3v) is 1.38. The van der Waals surface area contributed by atoms with Crippen molar-refractivity contribution in [3.8, 4) is 0 Å². The topological polar surface area (TPSA) is 40.5 Å². The molecule has 0 saturated heterocycles. The second kappa shape index (κ2) is 7.86. The minimum atomic E-state index is -0.891. The minimum Gasteiger partial charge on any atom is -0.478 e. The van der Waals surface area contributed by atoms with Gasteiger partial charge in [-0.3, -0.25) is 0 Å². The number of carboxylic acid groups (broad SMARTS) is 1. The highest BCUT2D eigenvalue weighted by Gasteiger charge is 1.89. The highest BCUT2D eigenvalue weighted by atomic mass is 16.4. The number of hydrogen-bond donors (Lipinski definition) is 1. The maximum Gasteiger partial charge on any atom is 0.327 e. The van der Waals surface area contributed by atoms with Crippen molar-refractivity contribution in [1.82, 2.24) is 4.90 Å². The third kappa shape index (κ3) is 6.91. The first-order valence-electron chi connectivity index (χ1n) is 4.28. The molecule has 0 amide bonds. The van der Waals surface area contributed by atoms with Crippen LogP contribution in [0.5, 0.6) is 0 Å². The van der Waals surface area contributed by atoms with E-state index in [1.54, 1.807) is 13.1 Å². The van der Waals surface area contributed by atoms with Gasteiger partial charge in [-0.15, -0.1) is 0 Å². The minimum absolute atomic E-state index is 0.891. The van der Waals surface area contributed by atoms with Crippen LogP contribution in [0.3, 0.4) is 0 Å². The zero-order valence-electron chi connectivity index (χ0n) is 8.26. The molecule has 0 aliphatic carbocycles. The molecule has 0 aromatic rings. The predicted molar refractivity (Wildman–Crippen MR) is 57.6 cm³/mol. The lowest BCUT2D eigenvalue weighted by Gasteiger charge is -2.13. The van der Waals surface area contributed by atoms with Crippen LogP contribution in [0.4, 0.5) is 0 Å². The molecule has 0 radical (unpaired) electrons. The number of aliphatic carboxylic acids is 1. The lowest BCUT2D eigenvalue weighted by Crippen LogP contribution is -2.09. The van der Waals surface area contributed by atoms with Gasteiger partial charge in [0.1, 0.15) is 0 Å². The van der Waals surface area contributed by atoms with E-state index in [4.69, 9.17) is 5.11 Å². The summed E-state index contributed by atoms with van der Waals surface area (Å²) in [5, 5.41) is 7.83. The normalized spacial score (nSPS) is 13.6. The third-order valence-electron chi connectivity index (χ3n) is 1.38. The van der Waals surface area contributed by atoms with Gasteiger partial charge in [-0.1, -0.05) is 24.8 Å². The van der Waals surface area contributed by atoms with Crippen LogP contribution < -0.4 is 0 Å². The van der Waals surface area contributed by atoms with Gasteiger partial charge in [0.15, 0.2) is 0 Å². The Bertz CT molecular complexity index is 264. The first-order chi connectivity index (χ1) is 6.70. The predicted octanol–water partition coefficient (Wildman–Crippen LogP) is 2.16. The number of carboxylic acids is 1. The van der Waals surface area contributed by atoms with Crippen molar-refractivity contribution in [2.45, 2.75) is 6.92 Å². The second-order valence-electron chi connectivity index (χ2n) is 2.49. The number of nitrogens with zero attached hydrogens (tertiary/aromatic N) is 1. The maximum absolute atomic E-state index is 9.51. The molecule has 0 unspecified atom stereocenters. The van der Waals surface area contributed by atoms with Gasteiger partial charge < -0.3 is 10.0 Å². The van der Waals surface area contributed by atoms with Crippen molar-refractivity contribution in [3.05, 3.63) is 49.4 Å². The van der Waals surface area contributed by atoms with E-state index in [0.717, 1.165) is 12.6 Å². The van der Waals surface area contributed by atoms with Crippen LogP contribution in [-0.2, 0) is 4.79 Å². The monoisotopic (exact) mass is 193 g/mol. The molecule has 1 N–H and O–H groups in total. The van der Waals surface area contributed by atoms with E-state index >= 15 is 0 Å². The summed E-state index contributed by atoms with van der Waals surface area (Å²) in [6.07, 6.45) is 12.5. The SMILES string of the molecule is C=CN1C=CC=CC1.CC=CC(=O)O. The van der Waals surface area contributed by atoms with Gasteiger partial charge in [0, 0.05) is 18.8 Å². The van der Waals surface area contributed by atoms with Crippen LogP contribution in [0.2, 0.25) is 0 Å².